The number of carbonyl (C=O) groups excluding carboxylic acids is 1. The van der Waals surface area contributed by atoms with Crippen LogP contribution in [0.2, 0.25) is 0 Å². The molecule has 0 bridgehead atoms. The third-order valence-corrected chi connectivity index (χ3v) is 7.97. The lowest BCUT2D eigenvalue weighted by atomic mass is 9.74. The maximum Gasteiger partial charge on any atom is 0.220 e. The molecule has 7 nitrogen and oxygen atoms in total. The fourth-order valence-electron chi connectivity index (χ4n) is 4.31. The molecule has 0 aromatic heterocycles. The van der Waals surface area contributed by atoms with Crippen molar-refractivity contribution in [2.75, 3.05) is 32.0 Å². The van der Waals surface area contributed by atoms with Crippen LogP contribution in [0.1, 0.15) is 39.5 Å². The molecule has 0 radical (unpaired) electrons. The van der Waals surface area contributed by atoms with Crippen molar-refractivity contribution in [2.45, 2.75) is 61.7 Å². The summed E-state index contributed by atoms with van der Waals surface area (Å²) in [6.07, 6.45) is 1.70. The number of likely N-dealkylation sites (tertiary alicyclic amines) is 1. The van der Waals surface area contributed by atoms with Gasteiger partial charge in [0.05, 0.1) is 28.4 Å². The molecule has 2 aliphatic heterocycles. The molecule has 1 amide bonds. The number of piperidine rings is 1. The van der Waals surface area contributed by atoms with Crippen molar-refractivity contribution in [1.82, 2.24) is 10.2 Å². The minimum atomic E-state index is -3.29. The van der Waals surface area contributed by atoms with Gasteiger partial charge in [0.25, 0.3) is 0 Å². The third kappa shape index (κ3) is 5.17. The Morgan fingerprint density at radius 1 is 1.28 bits per heavy atom. The smallest absolute Gasteiger partial charge is 0.220 e. The fourth-order valence-corrected chi connectivity index (χ4v) is 5.62. The molecule has 1 aromatic rings. The molecular formula is C21H32N2O5S. The Labute approximate surface area is 173 Å². The Bertz CT molecular complexity index is 806. The van der Waals surface area contributed by atoms with Crippen molar-refractivity contribution in [3.05, 3.63) is 30.3 Å². The number of aliphatic hydroxyl groups is 1. The van der Waals surface area contributed by atoms with Crippen LogP contribution >= 0.6 is 0 Å². The molecule has 2 fully saturated rings. The van der Waals surface area contributed by atoms with Crippen LogP contribution in [0.3, 0.4) is 0 Å². The average molecular weight is 425 g/mol. The lowest BCUT2D eigenvalue weighted by Crippen LogP contribution is -2.65. The van der Waals surface area contributed by atoms with Crippen LogP contribution in [-0.2, 0) is 19.4 Å². The van der Waals surface area contributed by atoms with Gasteiger partial charge in [-0.05, 0) is 31.9 Å². The van der Waals surface area contributed by atoms with E-state index in [1.807, 2.05) is 6.92 Å². The molecule has 0 aliphatic carbocycles. The largest absolute Gasteiger partial charge is 0.388 e. The van der Waals surface area contributed by atoms with Crippen molar-refractivity contribution in [1.29, 1.82) is 0 Å². The summed E-state index contributed by atoms with van der Waals surface area (Å²) in [5.41, 5.74) is -1.09. The third-order valence-electron chi connectivity index (χ3n) is 6.26. The molecular weight excluding hydrogens is 392 g/mol. The molecule has 2 N–H and O–H groups in total. The van der Waals surface area contributed by atoms with E-state index >= 15 is 0 Å². The molecule has 0 saturated carbocycles. The first-order chi connectivity index (χ1) is 13.7. The lowest BCUT2D eigenvalue weighted by molar-refractivity contribution is -0.181. The van der Waals surface area contributed by atoms with Crippen LogP contribution in [0.4, 0.5) is 0 Å². The van der Waals surface area contributed by atoms with Crippen LogP contribution in [0.25, 0.3) is 0 Å². The van der Waals surface area contributed by atoms with E-state index in [0.29, 0.717) is 24.3 Å². The van der Waals surface area contributed by atoms with Gasteiger partial charge in [0, 0.05) is 32.5 Å². The highest BCUT2D eigenvalue weighted by Gasteiger charge is 2.50. The minimum absolute atomic E-state index is 0.0767. The van der Waals surface area contributed by atoms with Crippen LogP contribution in [0, 0.1) is 0 Å². The van der Waals surface area contributed by atoms with Crippen molar-refractivity contribution in [3.8, 4) is 0 Å². The van der Waals surface area contributed by atoms with E-state index in [0.717, 1.165) is 25.9 Å². The molecule has 2 heterocycles. The molecule has 1 aromatic carbocycles. The predicted molar refractivity (Wildman–Crippen MR) is 110 cm³/mol. The first-order valence-corrected chi connectivity index (χ1v) is 12.0. The van der Waals surface area contributed by atoms with Gasteiger partial charge in [-0.25, -0.2) is 8.42 Å². The SMILES string of the molecule is CCC(=O)N[C@]1(C)CC2(CCN(CCS(=O)(=O)c3ccccc3)CC2)OC[C@H]1O. The molecule has 1 spiro atoms. The summed E-state index contributed by atoms with van der Waals surface area (Å²) in [5.74, 6) is 0.0144. The number of benzene rings is 1. The van der Waals surface area contributed by atoms with E-state index in [9.17, 15) is 18.3 Å². The second-order valence-electron chi connectivity index (χ2n) is 8.48. The van der Waals surface area contributed by atoms with Crippen LogP contribution < -0.4 is 5.32 Å². The van der Waals surface area contributed by atoms with E-state index in [1.165, 1.54) is 0 Å². The van der Waals surface area contributed by atoms with Gasteiger partial charge in [-0.3, -0.25) is 4.79 Å². The number of carbonyl (C=O) groups is 1. The molecule has 29 heavy (non-hydrogen) atoms. The van der Waals surface area contributed by atoms with Gasteiger partial charge in [0.2, 0.25) is 5.91 Å². The average Bonchev–Trinajstić information content (AvgIpc) is 2.71. The number of hydrogen-bond acceptors (Lipinski definition) is 6. The van der Waals surface area contributed by atoms with Crippen LogP contribution in [0.5, 0.6) is 0 Å². The first-order valence-electron chi connectivity index (χ1n) is 10.3. The Balaban J connectivity index is 1.56. The van der Waals surface area contributed by atoms with Crippen LogP contribution in [-0.4, -0.2) is 73.6 Å². The molecule has 0 unspecified atom stereocenters. The van der Waals surface area contributed by atoms with E-state index in [2.05, 4.69) is 10.2 Å². The maximum absolute atomic E-state index is 12.5. The Hall–Kier alpha value is -1.48. The number of nitrogens with zero attached hydrogens (tertiary/aromatic N) is 1. The molecule has 3 rings (SSSR count). The normalized spacial score (nSPS) is 27.6. The maximum atomic E-state index is 12.5. The van der Waals surface area contributed by atoms with E-state index in [1.54, 1.807) is 37.3 Å². The Kier molecular flexibility index (Phi) is 6.67. The van der Waals surface area contributed by atoms with Gasteiger partial charge in [0.15, 0.2) is 9.84 Å². The lowest BCUT2D eigenvalue weighted by Gasteiger charge is -2.52. The minimum Gasteiger partial charge on any atom is -0.388 e. The zero-order chi connectivity index (χ0) is 21.1. The summed E-state index contributed by atoms with van der Waals surface area (Å²) < 4.78 is 31.1. The number of amides is 1. The molecule has 2 aliphatic rings. The zero-order valence-corrected chi connectivity index (χ0v) is 18.1. The highest BCUT2D eigenvalue weighted by atomic mass is 32.2. The van der Waals surface area contributed by atoms with Crippen molar-refractivity contribution in [2.24, 2.45) is 0 Å². The summed E-state index contributed by atoms with van der Waals surface area (Å²) in [6, 6.07) is 8.54. The van der Waals surface area contributed by atoms with Gasteiger partial charge in [-0.1, -0.05) is 25.1 Å². The van der Waals surface area contributed by atoms with E-state index in [-0.39, 0.29) is 23.9 Å². The summed E-state index contributed by atoms with van der Waals surface area (Å²) in [6.45, 7) is 5.83. The van der Waals surface area contributed by atoms with E-state index in [4.69, 9.17) is 4.74 Å². The highest BCUT2D eigenvalue weighted by Crippen LogP contribution is 2.39. The molecule has 8 heteroatoms. The Morgan fingerprint density at radius 2 is 1.93 bits per heavy atom. The fraction of sp³-hybridized carbons (Fsp3) is 0.667. The summed E-state index contributed by atoms with van der Waals surface area (Å²) in [4.78, 5) is 14.4. The first kappa shape index (κ1) is 22.2. The number of aliphatic hydroxyl groups excluding tert-OH is 1. The second-order valence-corrected chi connectivity index (χ2v) is 10.6. The summed E-state index contributed by atoms with van der Waals surface area (Å²) >= 11 is 0. The summed E-state index contributed by atoms with van der Waals surface area (Å²) in [7, 11) is -3.29. The van der Waals surface area contributed by atoms with Gasteiger partial charge in [-0.15, -0.1) is 0 Å². The zero-order valence-electron chi connectivity index (χ0n) is 17.3. The quantitative estimate of drug-likeness (QED) is 0.716. The van der Waals surface area contributed by atoms with Gasteiger partial charge in [0.1, 0.15) is 6.10 Å². The van der Waals surface area contributed by atoms with Crippen molar-refractivity contribution < 1.29 is 23.1 Å². The van der Waals surface area contributed by atoms with Crippen LogP contribution in [0.15, 0.2) is 35.2 Å². The number of nitrogens with one attached hydrogen (secondary N) is 1. The van der Waals surface area contributed by atoms with Gasteiger partial charge in [-0.2, -0.15) is 0 Å². The van der Waals surface area contributed by atoms with Crippen molar-refractivity contribution in [3.63, 3.8) is 0 Å². The standard InChI is InChI=1S/C21H32N2O5S/c1-3-19(25)22-20(2)16-21(28-15-18(20)24)9-11-23(12-10-21)13-14-29(26,27)17-7-5-4-6-8-17/h4-8,18,24H,3,9-16H2,1-2H3,(H,22,25)/t18-,20-/m1/s1. The molecule has 2 atom stereocenters. The highest BCUT2D eigenvalue weighted by molar-refractivity contribution is 7.91. The van der Waals surface area contributed by atoms with Gasteiger partial charge >= 0.3 is 0 Å². The number of sulfone groups is 1. The second kappa shape index (κ2) is 8.71. The number of rotatable bonds is 6. The van der Waals surface area contributed by atoms with Crippen molar-refractivity contribution >= 4 is 15.7 Å². The van der Waals surface area contributed by atoms with Gasteiger partial charge < -0.3 is 20.1 Å². The number of hydrogen-bond donors (Lipinski definition) is 2. The Morgan fingerprint density at radius 3 is 2.55 bits per heavy atom. The topological polar surface area (TPSA) is 95.9 Å². The van der Waals surface area contributed by atoms with E-state index < -0.39 is 21.5 Å². The molecule has 162 valence electrons. The number of ether oxygens (including phenoxy) is 1. The monoisotopic (exact) mass is 424 g/mol. The molecule has 2 saturated heterocycles. The summed E-state index contributed by atoms with van der Waals surface area (Å²) in [5, 5.41) is 13.4. The predicted octanol–water partition coefficient (Wildman–Crippen LogP) is 1.36.